The Kier molecular flexibility index (Phi) is 4.64. The maximum Gasteiger partial charge on any atom is 0.416 e. The fraction of sp³-hybridized carbons (Fsp3) is 0.361. The Morgan fingerprint density at radius 3 is 2.28 bits per heavy atom. The van der Waals surface area contributed by atoms with Gasteiger partial charge < -0.3 is 14.4 Å². The first-order valence-electron chi connectivity index (χ1n) is 26.3. The Balaban J connectivity index is 1.90. The van der Waals surface area contributed by atoms with Gasteiger partial charge in [-0.3, -0.25) is 9.59 Å². The van der Waals surface area contributed by atoms with Crippen LogP contribution in [-0.4, -0.2) is 51.2 Å². The predicted molar refractivity (Wildman–Crippen MR) is 177 cm³/mol. The average Bonchev–Trinajstić information content (AvgIpc) is 3.71. The van der Waals surface area contributed by atoms with E-state index in [1.807, 2.05) is 0 Å². The summed E-state index contributed by atoms with van der Waals surface area (Å²) in [5.74, 6) is -2.99. The molecule has 47 heavy (non-hydrogen) atoms. The van der Waals surface area contributed by atoms with E-state index in [-0.39, 0.29) is 47.8 Å². The first-order valence-corrected chi connectivity index (χ1v) is 14.1. The van der Waals surface area contributed by atoms with Gasteiger partial charge in [-0.2, -0.15) is 18.2 Å². The van der Waals surface area contributed by atoms with E-state index in [9.17, 15) is 27.8 Å². The summed E-state index contributed by atoms with van der Waals surface area (Å²) in [6.07, 6.45) is -5.60. The number of thioether (sulfide) groups is 1. The molecular formula is C36H38F4N4O2S. The maximum absolute atomic E-state index is 15.2. The highest BCUT2D eigenvalue weighted by molar-refractivity contribution is 7.98. The van der Waals surface area contributed by atoms with Crippen LogP contribution >= 0.6 is 11.8 Å². The van der Waals surface area contributed by atoms with Crippen LogP contribution in [0.1, 0.15) is 83.7 Å². The fourth-order valence-electron chi connectivity index (χ4n) is 4.18. The number of rotatable bonds is 13. The molecule has 1 aromatic heterocycles. The van der Waals surface area contributed by atoms with Gasteiger partial charge in [0.2, 0.25) is 5.91 Å². The minimum atomic E-state index is -5.52. The van der Waals surface area contributed by atoms with Crippen molar-refractivity contribution >= 4 is 17.7 Å². The summed E-state index contributed by atoms with van der Waals surface area (Å²) >= 11 is 0.0827. The van der Waals surface area contributed by atoms with Crippen molar-refractivity contribution in [1.29, 1.82) is 0 Å². The van der Waals surface area contributed by atoms with Gasteiger partial charge in [-0.05, 0) is 78.7 Å². The molecule has 0 atom stereocenters. The molecule has 11 heteroatoms. The first kappa shape index (κ1) is 14.3. The zero-order valence-corrected chi connectivity index (χ0v) is 24.5. The average molecular weight is 693 g/mol. The number of carbonyl (C=O) groups is 1. The Bertz CT molecular complexity index is 2840. The lowest BCUT2D eigenvalue weighted by Gasteiger charge is -2.28. The molecule has 1 heterocycles. The van der Waals surface area contributed by atoms with Crippen LogP contribution in [0.4, 0.5) is 17.6 Å². The van der Waals surface area contributed by atoms with E-state index >= 15 is 4.79 Å². The van der Waals surface area contributed by atoms with E-state index in [0.29, 0.717) is 0 Å². The summed E-state index contributed by atoms with van der Waals surface area (Å²) < 4.78 is 277. The van der Waals surface area contributed by atoms with Crippen molar-refractivity contribution in [2.45, 2.75) is 63.0 Å². The van der Waals surface area contributed by atoms with Gasteiger partial charge in [-0.25, -0.2) is 4.39 Å². The van der Waals surface area contributed by atoms with Crippen molar-refractivity contribution in [3.05, 3.63) is 117 Å². The third-order valence-electron chi connectivity index (χ3n) is 6.35. The van der Waals surface area contributed by atoms with Crippen LogP contribution in [0, 0.1) is 5.82 Å². The van der Waals surface area contributed by atoms with Gasteiger partial charge in [-0.15, -0.1) is 0 Å². The van der Waals surface area contributed by atoms with Crippen LogP contribution in [0.25, 0.3) is 11.1 Å². The predicted octanol–water partition coefficient (Wildman–Crippen LogP) is 7.22. The van der Waals surface area contributed by atoms with Crippen LogP contribution < -0.4 is 5.56 Å². The molecule has 1 amide bonds. The van der Waals surface area contributed by atoms with Crippen LogP contribution in [0.15, 0.2) is 82.6 Å². The van der Waals surface area contributed by atoms with Crippen molar-refractivity contribution in [3.8, 4) is 11.1 Å². The molecular weight excluding hydrogens is 628 g/mol. The Hall–Kier alpha value is -3.96. The van der Waals surface area contributed by atoms with E-state index in [1.54, 1.807) is 0 Å². The van der Waals surface area contributed by atoms with Crippen molar-refractivity contribution in [2.24, 2.45) is 0 Å². The number of hydrogen-bond acceptors (Lipinski definition) is 5. The minimum Gasteiger partial charge on any atom is -0.336 e. The number of nitrogens with zero attached hydrogens (tertiary/aromatic N) is 4. The van der Waals surface area contributed by atoms with E-state index in [1.165, 1.54) is 0 Å². The third-order valence-corrected chi connectivity index (χ3v) is 7.18. The molecule has 0 fully saturated rings. The molecule has 248 valence electrons. The van der Waals surface area contributed by atoms with Gasteiger partial charge >= 0.3 is 6.18 Å². The topological polar surface area (TPSA) is 58.4 Å². The molecule has 0 bridgehead atoms. The number of amides is 1. The summed E-state index contributed by atoms with van der Waals surface area (Å²) in [7, 11) is 0. The second kappa shape index (κ2) is 15.3. The van der Waals surface area contributed by atoms with Gasteiger partial charge in [0, 0.05) is 55.6 Å². The number of aromatic nitrogens is 2. The molecule has 5 rings (SSSR count). The van der Waals surface area contributed by atoms with E-state index in [0.717, 1.165) is 28.8 Å². The molecule has 3 aromatic carbocycles. The highest BCUT2D eigenvalue weighted by atomic mass is 32.2. The first-order chi connectivity index (χ1) is 32.8. The summed E-state index contributed by atoms with van der Waals surface area (Å²) in [4.78, 5) is 30.2. The SMILES string of the molecule is [2H]c1c([2H])c(C(F)(F)F)c([2H])c([2H])c1-c1c([2H])c([2H])c(C([2H])([2H])N(C(=O)Cn2c(SC([2H])([2H])c3ccc(F)cc3)nc(=O)c3c2CCC3)C([2H])([2H])C([2H])([2H])N(C([2H])([2H])C([2H])([2H])[2H])C([2H])([2H])C([2H])([2H])[2H])c([2H])c1[2H]. The molecule has 0 saturated carbocycles. The molecule has 4 aromatic rings. The van der Waals surface area contributed by atoms with Crippen LogP contribution in [0.3, 0.4) is 0 Å². The number of hydrogen-bond donors (Lipinski definition) is 0. The van der Waals surface area contributed by atoms with Crippen molar-refractivity contribution in [2.75, 3.05) is 26.0 Å². The summed E-state index contributed by atoms with van der Waals surface area (Å²) in [5, 5.41) is -0.749. The molecule has 0 aliphatic heterocycles. The highest BCUT2D eigenvalue weighted by Gasteiger charge is 2.30. The van der Waals surface area contributed by atoms with Crippen LogP contribution in [-0.2, 0) is 42.6 Å². The molecule has 1 aliphatic rings. The minimum absolute atomic E-state index is 0.0554. The molecule has 1 aliphatic carbocycles. The van der Waals surface area contributed by atoms with Gasteiger partial charge in [0.1, 0.15) is 12.4 Å². The second-order valence-corrected chi connectivity index (χ2v) is 10.2. The third kappa shape index (κ3) is 8.70. The summed E-state index contributed by atoms with van der Waals surface area (Å²) in [5.41, 5.74) is -10.8. The van der Waals surface area contributed by atoms with E-state index < -0.39 is 167 Å². The quantitative estimate of drug-likeness (QED) is 0.0842. The number of likely N-dealkylation sites (N-methyl/N-ethyl adjacent to an activating group) is 1. The van der Waals surface area contributed by atoms with Gasteiger partial charge in [0.05, 0.1) is 22.0 Å². The van der Waals surface area contributed by atoms with Crippen LogP contribution in [0.2, 0.25) is 0 Å². The Morgan fingerprint density at radius 2 is 1.64 bits per heavy atom. The molecule has 0 saturated heterocycles. The van der Waals surface area contributed by atoms with Gasteiger partial charge in [0.25, 0.3) is 5.56 Å². The van der Waals surface area contributed by atoms with Crippen molar-refractivity contribution in [1.82, 2.24) is 19.4 Å². The van der Waals surface area contributed by atoms with E-state index in [2.05, 4.69) is 4.98 Å². The number of carbonyl (C=O) groups excluding carboxylic acids is 1. The smallest absolute Gasteiger partial charge is 0.336 e. The summed E-state index contributed by atoms with van der Waals surface area (Å²) in [6.45, 7) is -34.0. The number of halogens is 4. The zero-order valence-electron chi connectivity index (χ0n) is 49.7. The Labute approximate surface area is 313 Å². The standard InChI is InChI=1S/C36H38F4N4O2S/c1-3-42(4-2)20-21-43(22-25-8-12-27(13-9-25)28-14-16-29(17-15-28)36(38,39)40)33(45)23-44-32-7-5-6-31(32)34(46)41-35(44)47-24-26-10-18-30(37)19-11-26/h8-19H,3-7,20-24H2,1-2H3/i1D3,2D3,3D2,4D2,8D,9D,12D,13D,14D,15D,16D,17D,20D2,21D2,22D2,24D2. The molecule has 0 spiro atoms. The van der Waals surface area contributed by atoms with Crippen molar-refractivity contribution in [3.63, 3.8) is 0 Å². The van der Waals surface area contributed by atoms with Gasteiger partial charge in [-0.1, -0.05) is 73.9 Å². The number of benzene rings is 3. The lowest BCUT2D eigenvalue weighted by Crippen LogP contribution is -2.40. The number of alkyl halides is 3. The molecule has 6 nitrogen and oxygen atoms in total. The molecule has 0 N–H and O–H groups in total. The number of fused-ring (bicyclic) bond motifs is 1. The normalized spacial score (nSPS) is 23.3. The lowest BCUT2D eigenvalue weighted by atomic mass is 10.0. The molecule has 0 radical (unpaired) electrons. The van der Waals surface area contributed by atoms with Crippen LogP contribution in [0.5, 0.6) is 0 Å². The van der Waals surface area contributed by atoms with E-state index in [4.69, 9.17) is 30.2 Å². The maximum atomic E-state index is 15.2. The fourth-order valence-corrected chi connectivity index (χ4v) is 4.94. The van der Waals surface area contributed by atoms with Gasteiger partial charge in [0.15, 0.2) is 5.16 Å². The Morgan fingerprint density at radius 1 is 0.979 bits per heavy atom. The lowest BCUT2D eigenvalue weighted by molar-refractivity contribution is -0.137. The second-order valence-electron chi connectivity index (χ2n) is 9.40. The summed E-state index contributed by atoms with van der Waals surface area (Å²) in [6, 6.07) is -9.76. The highest BCUT2D eigenvalue weighted by Crippen LogP contribution is 2.31. The molecule has 0 unspecified atom stereocenters. The van der Waals surface area contributed by atoms with Crippen molar-refractivity contribution < 1.29 is 58.0 Å². The zero-order chi connectivity index (χ0) is 56.3. The largest absolute Gasteiger partial charge is 0.416 e. The monoisotopic (exact) mass is 692 g/mol.